The van der Waals surface area contributed by atoms with E-state index in [0.717, 1.165) is 11.1 Å². The summed E-state index contributed by atoms with van der Waals surface area (Å²) in [5.41, 5.74) is 2.33. The molecule has 0 aliphatic heterocycles. The van der Waals surface area contributed by atoms with Crippen LogP contribution in [0.2, 0.25) is 0 Å². The summed E-state index contributed by atoms with van der Waals surface area (Å²) < 4.78 is 13.3. The van der Waals surface area contributed by atoms with Gasteiger partial charge in [-0.05, 0) is 30.5 Å². The number of hydrogen-bond acceptors (Lipinski definition) is 0. The average molecular weight is 176 g/mol. The Hall–Kier alpha value is -1.37. The van der Waals surface area contributed by atoms with Crippen molar-refractivity contribution in [2.45, 2.75) is 13.3 Å². The zero-order valence-electron chi connectivity index (χ0n) is 7.81. The van der Waals surface area contributed by atoms with Crippen LogP contribution in [0.15, 0.2) is 37.4 Å². The first-order valence-electron chi connectivity index (χ1n) is 4.21. The van der Waals surface area contributed by atoms with Crippen LogP contribution in [0.4, 0.5) is 4.39 Å². The summed E-state index contributed by atoms with van der Waals surface area (Å²) in [6.45, 7) is 9.31. The molecular weight excluding hydrogens is 163 g/mol. The number of halogens is 1. The molecule has 0 saturated carbocycles. The lowest BCUT2D eigenvalue weighted by atomic mass is 9.99. The highest BCUT2D eigenvalue weighted by Gasteiger charge is 2.06. The van der Waals surface area contributed by atoms with Gasteiger partial charge in [-0.2, -0.15) is 0 Å². The molecule has 0 fully saturated rings. The molecule has 68 valence electrons. The SMILES string of the molecule is C=CCC(=C)c1c(C)cccc1F. The third kappa shape index (κ3) is 2.05. The molecule has 0 aliphatic rings. The molecule has 0 heterocycles. The highest BCUT2D eigenvalue weighted by atomic mass is 19.1. The molecule has 0 nitrogen and oxygen atoms in total. The minimum atomic E-state index is -0.202. The largest absolute Gasteiger partial charge is 0.206 e. The summed E-state index contributed by atoms with van der Waals surface area (Å²) in [5.74, 6) is -0.202. The van der Waals surface area contributed by atoms with E-state index in [4.69, 9.17) is 0 Å². The van der Waals surface area contributed by atoms with Crippen molar-refractivity contribution >= 4 is 5.57 Å². The number of allylic oxidation sites excluding steroid dienone is 2. The summed E-state index contributed by atoms with van der Waals surface area (Å²) in [4.78, 5) is 0. The first kappa shape index (κ1) is 9.72. The minimum Gasteiger partial charge on any atom is -0.206 e. The van der Waals surface area contributed by atoms with Gasteiger partial charge in [0, 0.05) is 5.56 Å². The van der Waals surface area contributed by atoms with Gasteiger partial charge in [-0.15, -0.1) is 6.58 Å². The molecule has 1 aromatic carbocycles. The fourth-order valence-corrected chi connectivity index (χ4v) is 1.36. The third-order valence-corrected chi connectivity index (χ3v) is 1.97. The van der Waals surface area contributed by atoms with Crippen molar-refractivity contribution in [3.05, 3.63) is 54.4 Å². The van der Waals surface area contributed by atoms with E-state index >= 15 is 0 Å². The average Bonchev–Trinajstić information content (AvgIpc) is 2.04. The molecule has 0 saturated heterocycles. The molecule has 0 unspecified atom stereocenters. The van der Waals surface area contributed by atoms with Crippen molar-refractivity contribution in [3.63, 3.8) is 0 Å². The Morgan fingerprint density at radius 1 is 1.54 bits per heavy atom. The first-order valence-corrected chi connectivity index (χ1v) is 4.21. The zero-order chi connectivity index (χ0) is 9.84. The smallest absolute Gasteiger partial charge is 0.130 e. The van der Waals surface area contributed by atoms with E-state index < -0.39 is 0 Å². The molecule has 0 spiro atoms. The van der Waals surface area contributed by atoms with E-state index in [-0.39, 0.29) is 5.82 Å². The molecule has 0 radical (unpaired) electrons. The van der Waals surface area contributed by atoms with E-state index in [2.05, 4.69) is 13.2 Å². The van der Waals surface area contributed by atoms with Gasteiger partial charge in [-0.1, -0.05) is 24.8 Å². The Morgan fingerprint density at radius 2 is 2.23 bits per heavy atom. The van der Waals surface area contributed by atoms with Gasteiger partial charge in [0.1, 0.15) is 5.82 Å². The van der Waals surface area contributed by atoms with Gasteiger partial charge in [0.2, 0.25) is 0 Å². The zero-order valence-corrected chi connectivity index (χ0v) is 7.81. The summed E-state index contributed by atoms with van der Waals surface area (Å²) in [5, 5.41) is 0. The summed E-state index contributed by atoms with van der Waals surface area (Å²) >= 11 is 0. The van der Waals surface area contributed by atoms with Crippen molar-refractivity contribution < 1.29 is 4.39 Å². The Balaban J connectivity index is 3.12. The van der Waals surface area contributed by atoms with Gasteiger partial charge >= 0.3 is 0 Å². The fourth-order valence-electron chi connectivity index (χ4n) is 1.36. The van der Waals surface area contributed by atoms with Crippen LogP contribution in [0, 0.1) is 12.7 Å². The van der Waals surface area contributed by atoms with Crippen molar-refractivity contribution in [2.24, 2.45) is 0 Å². The molecule has 0 atom stereocenters. The van der Waals surface area contributed by atoms with E-state index in [1.54, 1.807) is 12.1 Å². The summed E-state index contributed by atoms with van der Waals surface area (Å²) in [6, 6.07) is 5.04. The van der Waals surface area contributed by atoms with Gasteiger partial charge in [-0.25, -0.2) is 4.39 Å². The maximum Gasteiger partial charge on any atom is 0.130 e. The highest BCUT2D eigenvalue weighted by Crippen LogP contribution is 2.23. The van der Waals surface area contributed by atoms with Gasteiger partial charge in [0.25, 0.3) is 0 Å². The van der Waals surface area contributed by atoms with Crippen molar-refractivity contribution in [2.75, 3.05) is 0 Å². The molecule has 1 heteroatoms. The van der Waals surface area contributed by atoms with Gasteiger partial charge in [0.15, 0.2) is 0 Å². The Bertz CT molecular complexity index is 317. The molecule has 1 rings (SSSR count). The number of benzene rings is 1. The van der Waals surface area contributed by atoms with Crippen LogP contribution < -0.4 is 0 Å². The van der Waals surface area contributed by atoms with Crippen molar-refractivity contribution in [1.82, 2.24) is 0 Å². The fraction of sp³-hybridized carbons (Fsp3) is 0.167. The minimum absolute atomic E-state index is 0.202. The Morgan fingerprint density at radius 3 is 2.77 bits per heavy atom. The van der Waals surface area contributed by atoms with Crippen LogP contribution in [0.5, 0.6) is 0 Å². The van der Waals surface area contributed by atoms with E-state index in [9.17, 15) is 4.39 Å². The van der Waals surface area contributed by atoms with Gasteiger partial charge in [-0.3, -0.25) is 0 Å². The second kappa shape index (κ2) is 4.04. The molecule has 1 aromatic rings. The van der Waals surface area contributed by atoms with Crippen molar-refractivity contribution in [3.8, 4) is 0 Å². The lowest BCUT2D eigenvalue weighted by Gasteiger charge is -2.07. The van der Waals surface area contributed by atoms with Gasteiger partial charge in [0.05, 0.1) is 0 Å². The van der Waals surface area contributed by atoms with Gasteiger partial charge < -0.3 is 0 Å². The Kier molecular flexibility index (Phi) is 3.02. The lowest BCUT2D eigenvalue weighted by Crippen LogP contribution is -1.91. The molecular formula is C12H13F. The number of aryl methyl sites for hydroxylation is 1. The predicted molar refractivity (Wildman–Crippen MR) is 55.0 cm³/mol. The maximum atomic E-state index is 13.3. The number of hydrogen-bond donors (Lipinski definition) is 0. The second-order valence-electron chi connectivity index (χ2n) is 3.03. The predicted octanol–water partition coefficient (Wildman–Crippen LogP) is 3.72. The monoisotopic (exact) mass is 176 g/mol. The van der Waals surface area contributed by atoms with E-state index in [0.29, 0.717) is 12.0 Å². The van der Waals surface area contributed by atoms with Crippen molar-refractivity contribution in [1.29, 1.82) is 0 Å². The van der Waals surface area contributed by atoms with E-state index in [1.165, 1.54) is 6.07 Å². The number of rotatable bonds is 3. The summed E-state index contributed by atoms with van der Waals surface area (Å²) in [6.07, 6.45) is 2.36. The van der Waals surface area contributed by atoms with Crippen LogP contribution in [0.25, 0.3) is 5.57 Å². The van der Waals surface area contributed by atoms with E-state index in [1.807, 2.05) is 13.0 Å². The molecule has 0 bridgehead atoms. The first-order chi connectivity index (χ1) is 6.16. The quantitative estimate of drug-likeness (QED) is 0.616. The van der Waals surface area contributed by atoms with Crippen LogP contribution in [0.3, 0.4) is 0 Å². The maximum absolute atomic E-state index is 13.3. The van der Waals surface area contributed by atoms with Crippen LogP contribution in [-0.2, 0) is 0 Å². The molecule has 13 heavy (non-hydrogen) atoms. The highest BCUT2D eigenvalue weighted by molar-refractivity contribution is 5.67. The lowest BCUT2D eigenvalue weighted by molar-refractivity contribution is 0.622. The normalized spacial score (nSPS) is 9.69. The summed E-state index contributed by atoms with van der Waals surface area (Å²) in [7, 11) is 0. The molecule has 0 N–H and O–H groups in total. The Labute approximate surface area is 78.4 Å². The standard InChI is InChI=1S/C12H13F/c1-4-6-9(2)12-10(3)7-5-8-11(12)13/h4-5,7-8H,1-2,6H2,3H3. The topological polar surface area (TPSA) is 0 Å². The second-order valence-corrected chi connectivity index (χ2v) is 3.03. The molecule has 0 aliphatic carbocycles. The van der Waals surface area contributed by atoms with Crippen LogP contribution >= 0.6 is 0 Å². The van der Waals surface area contributed by atoms with Crippen LogP contribution in [0.1, 0.15) is 17.5 Å². The van der Waals surface area contributed by atoms with Crippen LogP contribution in [-0.4, -0.2) is 0 Å². The molecule has 0 amide bonds. The molecule has 0 aromatic heterocycles. The third-order valence-electron chi connectivity index (χ3n) is 1.97.